The summed E-state index contributed by atoms with van der Waals surface area (Å²) in [5, 5.41) is 3.33. The number of nitrogens with zero attached hydrogens (tertiary/aromatic N) is 1. The van der Waals surface area contributed by atoms with E-state index < -0.39 is 0 Å². The van der Waals surface area contributed by atoms with E-state index in [9.17, 15) is 4.79 Å². The monoisotopic (exact) mass is 364 g/mol. The lowest BCUT2D eigenvalue weighted by molar-refractivity contribution is -0.115. The molecule has 2 aromatic carbocycles. The van der Waals surface area contributed by atoms with Crippen molar-refractivity contribution in [2.24, 2.45) is 0 Å². The van der Waals surface area contributed by atoms with Crippen molar-refractivity contribution in [3.8, 4) is 11.1 Å². The average Bonchev–Trinajstić information content (AvgIpc) is 2.68. The maximum absolute atomic E-state index is 12.1. The number of aryl methyl sites for hydroxylation is 1. The lowest BCUT2D eigenvalue weighted by Gasteiger charge is -2.25. The Morgan fingerprint density at radius 3 is 2.19 bits per heavy atom. The topological polar surface area (TPSA) is 32.3 Å². The van der Waals surface area contributed by atoms with Crippen molar-refractivity contribution in [3.63, 3.8) is 0 Å². The Morgan fingerprint density at radius 1 is 1.00 bits per heavy atom. The number of ketones is 1. The Balaban J connectivity index is 2.35. The second-order valence-corrected chi connectivity index (χ2v) is 6.83. The molecule has 0 aliphatic carbocycles. The SMILES string of the molecule is C=C(C)C(=O)CCc1cc(-c2ccc(NCC)cc2)ccc1N(CC)CC. The molecule has 0 unspecified atom stereocenters. The third kappa shape index (κ3) is 5.46. The van der Waals surface area contributed by atoms with E-state index in [4.69, 9.17) is 0 Å². The second kappa shape index (κ2) is 9.96. The number of carbonyl (C=O) groups excluding carboxylic acids is 1. The van der Waals surface area contributed by atoms with Crippen molar-refractivity contribution in [1.82, 2.24) is 0 Å². The minimum absolute atomic E-state index is 0.140. The summed E-state index contributed by atoms with van der Waals surface area (Å²) in [5.74, 6) is 0.140. The number of anilines is 2. The van der Waals surface area contributed by atoms with Gasteiger partial charge in [0.2, 0.25) is 0 Å². The summed E-state index contributed by atoms with van der Waals surface area (Å²) in [6.45, 7) is 14.8. The number of allylic oxidation sites excluding steroid dienone is 1. The summed E-state index contributed by atoms with van der Waals surface area (Å²) in [7, 11) is 0. The van der Waals surface area contributed by atoms with Gasteiger partial charge in [0, 0.05) is 37.4 Å². The van der Waals surface area contributed by atoms with Crippen molar-refractivity contribution in [2.75, 3.05) is 29.9 Å². The van der Waals surface area contributed by atoms with E-state index in [1.54, 1.807) is 6.92 Å². The Hall–Kier alpha value is -2.55. The van der Waals surface area contributed by atoms with Gasteiger partial charge in [0.25, 0.3) is 0 Å². The molecule has 0 spiro atoms. The zero-order valence-corrected chi connectivity index (χ0v) is 17.1. The number of carbonyl (C=O) groups is 1. The molecule has 0 atom stereocenters. The van der Waals surface area contributed by atoms with Gasteiger partial charge in [-0.3, -0.25) is 4.79 Å². The van der Waals surface area contributed by atoms with Gasteiger partial charge in [-0.15, -0.1) is 0 Å². The van der Waals surface area contributed by atoms with E-state index in [2.05, 4.69) is 80.0 Å². The predicted octanol–water partition coefficient (Wildman–Crippen LogP) is 5.71. The Bertz CT molecular complexity index is 773. The zero-order valence-electron chi connectivity index (χ0n) is 17.1. The molecule has 3 nitrogen and oxygen atoms in total. The maximum Gasteiger partial charge on any atom is 0.158 e. The lowest BCUT2D eigenvalue weighted by Crippen LogP contribution is -2.23. The molecule has 0 saturated heterocycles. The molecule has 3 heteroatoms. The highest BCUT2D eigenvalue weighted by Crippen LogP contribution is 2.29. The third-order valence-electron chi connectivity index (χ3n) is 4.88. The summed E-state index contributed by atoms with van der Waals surface area (Å²) in [6.07, 6.45) is 1.24. The Labute approximate surface area is 164 Å². The fraction of sp³-hybridized carbons (Fsp3) is 0.375. The van der Waals surface area contributed by atoms with Gasteiger partial charge in [0.05, 0.1) is 0 Å². The van der Waals surface area contributed by atoms with E-state index in [0.29, 0.717) is 12.0 Å². The number of benzene rings is 2. The molecule has 0 radical (unpaired) electrons. The molecule has 0 saturated carbocycles. The van der Waals surface area contributed by atoms with Crippen molar-refractivity contribution < 1.29 is 4.79 Å². The minimum atomic E-state index is 0.140. The van der Waals surface area contributed by atoms with Crippen LogP contribution in [0.4, 0.5) is 11.4 Å². The van der Waals surface area contributed by atoms with Crippen LogP contribution in [0.15, 0.2) is 54.6 Å². The van der Waals surface area contributed by atoms with Gasteiger partial charge in [0.1, 0.15) is 0 Å². The first kappa shape index (κ1) is 20.8. The van der Waals surface area contributed by atoms with Crippen LogP contribution in [-0.2, 0) is 11.2 Å². The van der Waals surface area contributed by atoms with Crippen molar-refractivity contribution in [3.05, 3.63) is 60.2 Å². The number of rotatable bonds is 10. The van der Waals surface area contributed by atoms with Crippen molar-refractivity contribution in [2.45, 2.75) is 40.5 Å². The molecule has 144 valence electrons. The fourth-order valence-electron chi connectivity index (χ4n) is 3.28. The molecule has 2 rings (SSSR count). The minimum Gasteiger partial charge on any atom is -0.385 e. The normalized spacial score (nSPS) is 10.5. The molecular weight excluding hydrogens is 332 g/mol. The summed E-state index contributed by atoms with van der Waals surface area (Å²) < 4.78 is 0. The second-order valence-electron chi connectivity index (χ2n) is 6.83. The molecule has 2 aromatic rings. The third-order valence-corrected chi connectivity index (χ3v) is 4.88. The summed E-state index contributed by atoms with van der Waals surface area (Å²) in [4.78, 5) is 14.4. The molecule has 27 heavy (non-hydrogen) atoms. The van der Waals surface area contributed by atoms with Crippen LogP contribution in [0.2, 0.25) is 0 Å². The summed E-state index contributed by atoms with van der Waals surface area (Å²) in [6, 6.07) is 15.1. The molecular formula is C24H32N2O. The highest BCUT2D eigenvalue weighted by Gasteiger charge is 2.12. The van der Waals surface area contributed by atoms with Crippen LogP contribution in [-0.4, -0.2) is 25.4 Å². The Morgan fingerprint density at radius 2 is 1.63 bits per heavy atom. The van der Waals surface area contributed by atoms with Crippen LogP contribution in [0.3, 0.4) is 0 Å². The molecule has 0 aromatic heterocycles. The first-order chi connectivity index (χ1) is 13.0. The largest absolute Gasteiger partial charge is 0.385 e. The summed E-state index contributed by atoms with van der Waals surface area (Å²) in [5.41, 5.74) is 6.59. The molecule has 0 amide bonds. The number of hydrogen-bond donors (Lipinski definition) is 1. The summed E-state index contributed by atoms with van der Waals surface area (Å²) >= 11 is 0. The van der Waals surface area contributed by atoms with Gasteiger partial charge >= 0.3 is 0 Å². The van der Waals surface area contributed by atoms with Crippen LogP contribution in [0.25, 0.3) is 11.1 Å². The van der Waals surface area contributed by atoms with Gasteiger partial charge < -0.3 is 10.2 Å². The first-order valence-corrected chi connectivity index (χ1v) is 9.91. The smallest absolute Gasteiger partial charge is 0.158 e. The van der Waals surface area contributed by atoms with Gasteiger partial charge in [-0.2, -0.15) is 0 Å². The molecule has 0 bridgehead atoms. The Kier molecular flexibility index (Phi) is 7.66. The average molecular weight is 365 g/mol. The zero-order chi connectivity index (χ0) is 19.8. The quantitative estimate of drug-likeness (QED) is 0.548. The standard InChI is InChI=1S/C24H32N2O/c1-6-25-22-13-9-19(10-14-22)20-11-15-23(26(7-2)8-3)21(17-20)12-16-24(27)18(4)5/h9-11,13-15,17,25H,4,6-8,12,16H2,1-3,5H3. The van der Waals surface area contributed by atoms with Gasteiger partial charge in [0.15, 0.2) is 5.78 Å². The van der Waals surface area contributed by atoms with Gasteiger partial charge in [-0.1, -0.05) is 24.8 Å². The van der Waals surface area contributed by atoms with Crippen LogP contribution < -0.4 is 10.2 Å². The van der Waals surface area contributed by atoms with Crippen LogP contribution >= 0.6 is 0 Å². The molecule has 1 N–H and O–H groups in total. The lowest BCUT2D eigenvalue weighted by atomic mass is 9.97. The van der Waals surface area contributed by atoms with Crippen molar-refractivity contribution >= 4 is 17.2 Å². The highest BCUT2D eigenvalue weighted by atomic mass is 16.1. The molecule has 0 heterocycles. The maximum atomic E-state index is 12.1. The van der Waals surface area contributed by atoms with Gasteiger partial charge in [-0.05, 0) is 80.6 Å². The van der Waals surface area contributed by atoms with E-state index in [0.717, 1.165) is 31.7 Å². The van der Waals surface area contributed by atoms with Crippen molar-refractivity contribution in [1.29, 1.82) is 0 Å². The highest BCUT2D eigenvalue weighted by molar-refractivity contribution is 5.94. The molecule has 0 fully saturated rings. The fourth-order valence-corrected chi connectivity index (χ4v) is 3.28. The first-order valence-electron chi connectivity index (χ1n) is 9.91. The van der Waals surface area contributed by atoms with Gasteiger partial charge in [-0.25, -0.2) is 0 Å². The van der Waals surface area contributed by atoms with Crippen LogP contribution in [0.5, 0.6) is 0 Å². The van der Waals surface area contributed by atoms with E-state index >= 15 is 0 Å². The van der Waals surface area contributed by atoms with E-state index in [1.165, 1.54) is 22.4 Å². The van der Waals surface area contributed by atoms with E-state index in [1.807, 2.05) is 0 Å². The molecule has 0 aliphatic rings. The van der Waals surface area contributed by atoms with E-state index in [-0.39, 0.29) is 5.78 Å². The van der Waals surface area contributed by atoms with Crippen LogP contribution in [0, 0.1) is 0 Å². The molecule has 0 aliphatic heterocycles. The van der Waals surface area contributed by atoms with Crippen LogP contribution in [0.1, 0.15) is 39.7 Å². The number of nitrogens with one attached hydrogen (secondary N) is 1. The number of hydrogen-bond acceptors (Lipinski definition) is 3. The predicted molar refractivity (Wildman–Crippen MR) is 118 cm³/mol. The number of Topliss-reactive ketones (excluding diaryl/α,β-unsaturated/α-hetero) is 1.